The molecule has 30 heavy (non-hydrogen) atoms. The van der Waals surface area contributed by atoms with Crippen LogP contribution in [0.4, 0.5) is 9.18 Å². The molecular formula is C23H24FN5O. The summed E-state index contributed by atoms with van der Waals surface area (Å²) < 4.78 is 13.4. The number of nitrogens with zero attached hydrogens (tertiary/aromatic N) is 3. The third-order valence-corrected chi connectivity index (χ3v) is 5.78. The number of carbonyl (C=O) groups is 1. The number of hydrogen-bond acceptors (Lipinski definition) is 3. The van der Waals surface area contributed by atoms with Crippen LogP contribution in [0.1, 0.15) is 37.4 Å². The highest BCUT2D eigenvalue weighted by Crippen LogP contribution is 2.28. The quantitative estimate of drug-likeness (QED) is 0.679. The van der Waals surface area contributed by atoms with Gasteiger partial charge in [0.05, 0.1) is 11.4 Å². The number of amides is 2. The molecule has 1 atom stereocenters. The molecule has 154 valence electrons. The van der Waals surface area contributed by atoms with Gasteiger partial charge in [0.1, 0.15) is 11.6 Å². The van der Waals surface area contributed by atoms with Crippen molar-refractivity contribution in [3.63, 3.8) is 0 Å². The lowest BCUT2D eigenvalue weighted by Crippen LogP contribution is -2.45. The zero-order valence-corrected chi connectivity index (χ0v) is 16.6. The number of piperidine rings is 1. The van der Waals surface area contributed by atoms with Crippen molar-refractivity contribution in [3.8, 4) is 22.5 Å². The predicted octanol–water partition coefficient (Wildman–Crippen LogP) is 4.33. The van der Waals surface area contributed by atoms with Crippen LogP contribution in [0, 0.1) is 5.82 Å². The van der Waals surface area contributed by atoms with Gasteiger partial charge in [-0.15, -0.1) is 0 Å². The highest BCUT2D eigenvalue weighted by Gasteiger charge is 2.30. The molecular weight excluding hydrogens is 381 g/mol. The first-order valence-corrected chi connectivity index (χ1v) is 10.5. The Morgan fingerprint density at radius 3 is 2.80 bits per heavy atom. The van der Waals surface area contributed by atoms with Gasteiger partial charge in [-0.3, -0.25) is 4.98 Å². The summed E-state index contributed by atoms with van der Waals surface area (Å²) in [5.41, 5.74) is 3.19. The molecule has 3 heterocycles. The molecule has 2 aromatic heterocycles. The number of benzene rings is 1. The number of halogens is 1. The molecule has 2 fully saturated rings. The second-order valence-corrected chi connectivity index (χ2v) is 8.12. The minimum absolute atomic E-state index is 0.0473. The van der Waals surface area contributed by atoms with Crippen LogP contribution in [0.2, 0.25) is 0 Å². The van der Waals surface area contributed by atoms with Crippen molar-refractivity contribution in [2.45, 2.75) is 37.6 Å². The highest BCUT2D eigenvalue weighted by molar-refractivity contribution is 5.75. The number of carbonyl (C=O) groups excluding carboxylic acids is 1. The topological polar surface area (TPSA) is 73.9 Å². The van der Waals surface area contributed by atoms with E-state index in [9.17, 15) is 9.18 Å². The van der Waals surface area contributed by atoms with E-state index in [0.29, 0.717) is 12.6 Å². The Labute approximate surface area is 174 Å². The van der Waals surface area contributed by atoms with Crippen molar-refractivity contribution in [1.82, 2.24) is 25.2 Å². The standard InChI is InChI=1S/C23H24FN5O/c24-18-5-1-3-15(11-18)20-9-6-16(12-25-20)21-13-26-22(28-21)17-4-2-10-29(14-17)23(30)27-19-7-8-19/h1,3,5-6,9,11-13,17,19H,2,4,7-8,10,14H2,(H,26,28)(H,27,30). The van der Waals surface area contributed by atoms with Crippen molar-refractivity contribution >= 4 is 6.03 Å². The van der Waals surface area contributed by atoms with Gasteiger partial charge in [0.15, 0.2) is 0 Å². The number of likely N-dealkylation sites (tertiary alicyclic amines) is 1. The van der Waals surface area contributed by atoms with Gasteiger partial charge in [-0.05, 0) is 49.9 Å². The van der Waals surface area contributed by atoms with E-state index in [1.165, 1.54) is 12.1 Å². The third kappa shape index (κ3) is 4.06. The van der Waals surface area contributed by atoms with Gasteiger partial charge in [0, 0.05) is 48.6 Å². The maximum atomic E-state index is 13.4. The SMILES string of the molecule is O=C(NC1CC1)N1CCCC(c2nc(-c3ccc(-c4cccc(F)c4)nc3)c[nH]2)C1. The summed E-state index contributed by atoms with van der Waals surface area (Å²) in [6.07, 6.45) is 7.82. The minimum Gasteiger partial charge on any atom is -0.348 e. The molecule has 1 saturated heterocycles. The Morgan fingerprint density at radius 2 is 2.03 bits per heavy atom. The van der Waals surface area contributed by atoms with E-state index in [4.69, 9.17) is 4.98 Å². The zero-order valence-electron chi connectivity index (χ0n) is 16.6. The van der Waals surface area contributed by atoms with Gasteiger partial charge in [-0.1, -0.05) is 12.1 Å². The van der Waals surface area contributed by atoms with E-state index in [2.05, 4.69) is 15.3 Å². The van der Waals surface area contributed by atoms with Crippen LogP contribution < -0.4 is 5.32 Å². The summed E-state index contributed by atoms with van der Waals surface area (Å²) in [6.45, 7) is 1.48. The van der Waals surface area contributed by atoms with Crippen LogP contribution in [0.15, 0.2) is 48.8 Å². The van der Waals surface area contributed by atoms with Gasteiger partial charge in [-0.2, -0.15) is 0 Å². The van der Waals surface area contributed by atoms with Crippen LogP contribution in [0.25, 0.3) is 22.5 Å². The normalized spacial score (nSPS) is 19.0. The molecule has 6 nitrogen and oxygen atoms in total. The number of H-pyrrole nitrogens is 1. The second-order valence-electron chi connectivity index (χ2n) is 8.12. The van der Waals surface area contributed by atoms with Crippen LogP contribution in [-0.2, 0) is 0 Å². The van der Waals surface area contributed by atoms with Crippen LogP contribution in [0.3, 0.4) is 0 Å². The molecule has 0 radical (unpaired) electrons. The molecule has 1 aliphatic heterocycles. The van der Waals surface area contributed by atoms with E-state index >= 15 is 0 Å². The number of aromatic amines is 1. The lowest BCUT2D eigenvalue weighted by atomic mass is 9.97. The summed E-state index contributed by atoms with van der Waals surface area (Å²) in [6, 6.07) is 10.7. The number of nitrogens with one attached hydrogen (secondary N) is 2. The lowest BCUT2D eigenvalue weighted by Gasteiger charge is -2.31. The number of pyridine rings is 1. The average molecular weight is 405 g/mol. The van der Waals surface area contributed by atoms with Gasteiger partial charge in [0.2, 0.25) is 0 Å². The first kappa shape index (κ1) is 18.8. The molecule has 7 heteroatoms. The highest BCUT2D eigenvalue weighted by atomic mass is 19.1. The van der Waals surface area contributed by atoms with E-state index in [0.717, 1.165) is 60.6 Å². The minimum atomic E-state index is -0.275. The lowest BCUT2D eigenvalue weighted by molar-refractivity contribution is 0.178. The number of imidazole rings is 1. The van der Waals surface area contributed by atoms with Crippen molar-refractivity contribution in [1.29, 1.82) is 0 Å². The van der Waals surface area contributed by atoms with E-state index in [-0.39, 0.29) is 17.8 Å². The Kier molecular flexibility index (Phi) is 4.94. The molecule has 5 rings (SSSR count). The number of hydrogen-bond donors (Lipinski definition) is 2. The molecule has 2 amide bonds. The van der Waals surface area contributed by atoms with Crippen LogP contribution in [-0.4, -0.2) is 45.0 Å². The monoisotopic (exact) mass is 405 g/mol. The van der Waals surface area contributed by atoms with Gasteiger partial charge < -0.3 is 15.2 Å². The fourth-order valence-electron chi connectivity index (χ4n) is 3.94. The van der Waals surface area contributed by atoms with Crippen molar-refractivity contribution in [2.24, 2.45) is 0 Å². The van der Waals surface area contributed by atoms with Gasteiger partial charge >= 0.3 is 6.03 Å². The first-order valence-electron chi connectivity index (χ1n) is 10.5. The second kappa shape index (κ2) is 7.89. The van der Waals surface area contributed by atoms with E-state index < -0.39 is 0 Å². The zero-order chi connectivity index (χ0) is 20.5. The predicted molar refractivity (Wildman–Crippen MR) is 112 cm³/mol. The number of urea groups is 1. The average Bonchev–Trinajstić information content (AvgIpc) is 3.45. The summed E-state index contributed by atoms with van der Waals surface area (Å²) in [4.78, 5) is 26.8. The smallest absolute Gasteiger partial charge is 0.317 e. The molecule has 0 bridgehead atoms. The summed E-state index contributed by atoms with van der Waals surface area (Å²) in [7, 11) is 0. The van der Waals surface area contributed by atoms with Crippen molar-refractivity contribution < 1.29 is 9.18 Å². The molecule has 2 N–H and O–H groups in total. The molecule has 1 aromatic carbocycles. The summed E-state index contributed by atoms with van der Waals surface area (Å²) in [5, 5.41) is 3.07. The fourth-order valence-corrected chi connectivity index (χ4v) is 3.94. The van der Waals surface area contributed by atoms with Crippen LogP contribution >= 0.6 is 0 Å². The van der Waals surface area contributed by atoms with Gasteiger partial charge in [0.25, 0.3) is 0 Å². The molecule has 3 aromatic rings. The maximum Gasteiger partial charge on any atom is 0.317 e. The fraction of sp³-hybridized carbons (Fsp3) is 0.348. The van der Waals surface area contributed by atoms with Crippen LogP contribution in [0.5, 0.6) is 0 Å². The molecule has 1 unspecified atom stereocenters. The molecule has 2 aliphatic rings. The Bertz CT molecular complexity index is 1040. The maximum absolute atomic E-state index is 13.4. The first-order chi connectivity index (χ1) is 14.7. The summed E-state index contributed by atoms with van der Waals surface area (Å²) >= 11 is 0. The Hall–Kier alpha value is -3.22. The Morgan fingerprint density at radius 1 is 1.13 bits per heavy atom. The van der Waals surface area contributed by atoms with Crippen molar-refractivity contribution in [2.75, 3.05) is 13.1 Å². The third-order valence-electron chi connectivity index (χ3n) is 5.78. The largest absolute Gasteiger partial charge is 0.348 e. The van der Waals surface area contributed by atoms with E-state index in [1.807, 2.05) is 29.3 Å². The van der Waals surface area contributed by atoms with Gasteiger partial charge in [-0.25, -0.2) is 14.2 Å². The number of rotatable bonds is 4. The molecule has 0 spiro atoms. The van der Waals surface area contributed by atoms with E-state index in [1.54, 1.807) is 12.3 Å². The number of aromatic nitrogens is 3. The molecule has 1 aliphatic carbocycles. The Balaban J connectivity index is 1.28. The van der Waals surface area contributed by atoms with Crippen molar-refractivity contribution in [3.05, 3.63) is 60.4 Å². The molecule has 1 saturated carbocycles. The summed E-state index contributed by atoms with van der Waals surface area (Å²) in [5.74, 6) is 0.836.